The van der Waals surface area contributed by atoms with Crippen molar-refractivity contribution in [3.63, 3.8) is 0 Å². The van der Waals surface area contributed by atoms with Gasteiger partial charge in [0.2, 0.25) is 0 Å². The summed E-state index contributed by atoms with van der Waals surface area (Å²) in [7, 11) is 1.60. The van der Waals surface area contributed by atoms with E-state index in [9.17, 15) is 9.59 Å². The van der Waals surface area contributed by atoms with Crippen LogP contribution >= 0.6 is 39.1 Å². The van der Waals surface area contributed by atoms with Gasteiger partial charge in [0.25, 0.3) is 11.8 Å². The van der Waals surface area contributed by atoms with Gasteiger partial charge in [-0.15, -0.1) is 0 Å². The summed E-state index contributed by atoms with van der Waals surface area (Å²) in [6.45, 7) is 0.740. The maximum absolute atomic E-state index is 12.3. The number of carbonyl (C=O) groups excluding carboxylic acids is 2. The Balaban J connectivity index is 1.98. The molecular weight excluding hydrogens is 471 g/mol. The lowest BCUT2D eigenvalue weighted by atomic mass is 10.1. The van der Waals surface area contributed by atoms with Gasteiger partial charge in [0.15, 0.2) is 12.4 Å². The van der Waals surface area contributed by atoms with Gasteiger partial charge in [-0.05, 0) is 46.6 Å². The molecule has 0 saturated heterocycles. The first-order valence-electron chi connectivity index (χ1n) is 8.35. The summed E-state index contributed by atoms with van der Waals surface area (Å²) in [6, 6.07) is 9.86. The van der Waals surface area contributed by atoms with Gasteiger partial charge in [-0.3, -0.25) is 9.59 Å². The first-order chi connectivity index (χ1) is 13.4. The summed E-state index contributed by atoms with van der Waals surface area (Å²) in [5.74, 6) is -0.403. The van der Waals surface area contributed by atoms with Crippen LogP contribution in [-0.2, 0) is 9.53 Å². The van der Waals surface area contributed by atoms with E-state index >= 15 is 0 Å². The van der Waals surface area contributed by atoms with Crippen molar-refractivity contribution < 1.29 is 19.1 Å². The molecule has 0 aromatic heterocycles. The Morgan fingerprint density at radius 3 is 2.64 bits per heavy atom. The van der Waals surface area contributed by atoms with Gasteiger partial charge in [0.05, 0.1) is 20.7 Å². The minimum absolute atomic E-state index is 0.281. The average molecular weight is 490 g/mol. The van der Waals surface area contributed by atoms with E-state index in [0.29, 0.717) is 46.1 Å². The standard InChI is InChI=1S/C19H19BrCl2N2O4/c1-27-8-4-7-23-19(26)13-5-2-3-6-16(13)24-17(25)11-28-18-14(20)9-12(21)10-15(18)22/h2-3,5-6,9-10H,4,7-8,11H2,1H3,(H,23,26)(H,24,25). The van der Waals surface area contributed by atoms with Crippen molar-refractivity contribution in [3.05, 3.63) is 56.5 Å². The predicted octanol–water partition coefficient (Wildman–Crippen LogP) is 4.54. The summed E-state index contributed by atoms with van der Waals surface area (Å²) in [6.07, 6.45) is 0.696. The predicted molar refractivity (Wildman–Crippen MR) is 114 cm³/mol. The fourth-order valence-electron chi connectivity index (χ4n) is 2.29. The molecule has 0 aliphatic heterocycles. The van der Waals surface area contributed by atoms with Crippen LogP contribution in [0.15, 0.2) is 40.9 Å². The molecule has 0 fully saturated rings. The van der Waals surface area contributed by atoms with E-state index in [1.807, 2.05) is 0 Å². The summed E-state index contributed by atoms with van der Waals surface area (Å²) in [4.78, 5) is 24.6. The number of ether oxygens (including phenoxy) is 2. The Morgan fingerprint density at radius 2 is 1.93 bits per heavy atom. The molecule has 0 bridgehead atoms. The monoisotopic (exact) mass is 488 g/mol. The van der Waals surface area contributed by atoms with Gasteiger partial charge in [-0.1, -0.05) is 35.3 Å². The molecule has 0 heterocycles. The average Bonchev–Trinajstić information content (AvgIpc) is 2.64. The third-order valence-electron chi connectivity index (χ3n) is 3.57. The van der Waals surface area contributed by atoms with Crippen molar-refractivity contribution >= 4 is 56.6 Å². The number of methoxy groups -OCH3 is 1. The Labute approximate surface area is 181 Å². The fourth-order valence-corrected chi connectivity index (χ4v) is 3.66. The van der Waals surface area contributed by atoms with Crippen LogP contribution in [0.2, 0.25) is 10.0 Å². The van der Waals surface area contributed by atoms with E-state index in [4.69, 9.17) is 32.7 Å². The molecular formula is C19H19BrCl2N2O4. The molecule has 0 aliphatic carbocycles. The van der Waals surface area contributed by atoms with Crippen molar-refractivity contribution in [1.82, 2.24) is 5.32 Å². The zero-order valence-electron chi connectivity index (χ0n) is 15.1. The molecule has 6 nitrogen and oxygen atoms in total. The number of para-hydroxylation sites is 1. The second kappa shape index (κ2) is 11.3. The number of hydrogen-bond acceptors (Lipinski definition) is 4. The van der Waals surface area contributed by atoms with Gasteiger partial charge in [0, 0.05) is 25.3 Å². The van der Waals surface area contributed by atoms with E-state index in [-0.39, 0.29) is 17.5 Å². The molecule has 0 atom stereocenters. The number of carbonyl (C=O) groups is 2. The summed E-state index contributed by atoms with van der Waals surface area (Å²) in [5.41, 5.74) is 0.751. The minimum atomic E-state index is -0.433. The van der Waals surface area contributed by atoms with Crippen molar-refractivity contribution in [2.45, 2.75) is 6.42 Å². The lowest BCUT2D eigenvalue weighted by Crippen LogP contribution is -2.27. The molecule has 2 N–H and O–H groups in total. The van der Waals surface area contributed by atoms with Crippen LogP contribution in [0.5, 0.6) is 5.75 Å². The molecule has 2 aromatic rings. The molecule has 9 heteroatoms. The van der Waals surface area contributed by atoms with Crippen molar-refractivity contribution in [2.24, 2.45) is 0 Å². The molecule has 0 spiro atoms. The lowest BCUT2D eigenvalue weighted by Gasteiger charge is -2.13. The Bertz CT molecular complexity index is 825. The largest absolute Gasteiger partial charge is 0.481 e. The van der Waals surface area contributed by atoms with Crippen LogP contribution in [0.25, 0.3) is 0 Å². The Hall–Kier alpha value is -1.80. The van der Waals surface area contributed by atoms with Gasteiger partial charge in [0.1, 0.15) is 0 Å². The SMILES string of the molecule is COCCCNC(=O)c1ccccc1NC(=O)COc1c(Cl)cc(Cl)cc1Br. The number of rotatable bonds is 9. The first kappa shape index (κ1) is 22.5. The Kier molecular flexibility index (Phi) is 9.05. The molecule has 28 heavy (non-hydrogen) atoms. The highest BCUT2D eigenvalue weighted by Gasteiger charge is 2.15. The zero-order valence-corrected chi connectivity index (χ0v) is 18.2. The highest BCUT2D eigenvalue weighted by Crippen LogP contribution is 2.36. The number of nitrogens with one attached hydrogen (secondary N) is 2. The van der Waals surface area contributed by atoms with E-state index in [1.54, 1.807) is 37.4 Å². The van der Waals surface area contributed by atoms with Crippen LogP contribution in [-0.4, -0.2) is 38.7 Å². The highest BCUT2D eigenvalue weighted by molar-refractivity contribution is 9.10. The third-order valence-corrected chi connectivity index (χ3v) is 4.66. The molecule has 0 radical (unpaired) electrons. The number of amides is 2. The molecule has 2 aromatic carbocycles. The third kappa shape index (κ3) is 6.67. The van der Waals surface area contributed by atoms with Gasteiger partial charge in [-0.2, -0.15) is 0 Å². The van der Waals surface area contributed by atoms with Gasteiger partial charge < -0.3 is 20.1 Å². The summed E-state index contributed by atoms with van der Waals surface area (Å²) in [5, 5.41) is 6.19. The smallest absolute Gasteiger partial charge is 0.262 e. The Morgan fingerprint density at radius 1 is 1.18 bits per heavy atom. The first-order valence-corrected chi connectivity index (χ1v) is 9.90. The van der Waals surface area contributed by atoms with Crippen LogP contribution in [0, 0.1) is 0 Å². The van der Waals surface area contributed by atoms with Gasteiger partial charge in [-0.25, -0.2) is 0 Å². The van der Waals surface area contributed by atoms with Crippen LogP contribution < -0.4 is 15.4 Å². The maximum Gasteiger partial charge on any atom is 0.262 e. The highest BCUT2D eigenvalue weighted by atomic mass is 79.9. The maximum atomic E-state index is 12.3. The second-order valence-electron chi connectivity index (χ2n) is 5.68. The topological polar surface area (TPSA) is 76.7 Å². The number of benzene rings is 2. The summed E-state index contributed by atoms with van der Waals surface area (Å²) < 4.78 is 11.0. The van der Waals surface area contributed by atoms with E-state index in [0.717, 1.165) is 0 Å². The molecule has 0 aliphatic rings. The summed E-state index contributed by atoms with van der Waals surface area (Å²) >= 11 is 15.3. The number of halogens is 3. The van der Waals surface area contributed by atoms with Gasteiger partial charge >= 0.3 is 0 Å². The molecule has 2 amide bonds. The fraction of sp³-hybridized carbons (Fsp3) is 0.263. The van der Waals surface area contributed by atoms with E-state index in [1.165, 1.54) is 6.07 Å². The molecule has 150 valence electrons. The lowest BCUT2D eigenvalue weighted by molar-refractivity contribution is -0.118. The van der Waals surface area contributed by atoms with Crippen LogP contribution in [0.1, 0.15) is 16.8 Å². The normalized spacial score (nSPS) is 10.4. The molecule has 0 unspecified atom stereocenters. The zero-order chi connectivity index (χ0) is 20.5. The van der Waals surface area contributed by atoms with E-state index < -0.39 is 5.91 Å². The van der Waals surface area contributed by atoms with Crippen LogP contribution in [0.3, 0.4) is 0 Å². The molecule has 2 rings (SSSR count). The van der Waals surface area contributed by atoms with Crippen molar-refractivity contribution in [2.75, 3.05) is 32.2 Å². The van der Waals surface area contributed by atoms with E-state index in [2.05, 4.69) is 26.6 Å². The van der Waals surface area contributed by atoms with Crippen molar-refractivity contribution in [1.29, 1.82) is 0 Å². The second-order valence-corrected chi connectivity index (χ2v) is 7.38. The van der Waals surface area contributed by atoms with Crippen LogP contribution in [0.4, 0.5) is 5.69 Å². The number of anilines is 1. The minimum Gasteiger partial charge on any atom is -0.481 e. The quantitative estimate of drug-likeness (QED) is 0.507. The number of hydrogen-bond donors (Lipinski definition) is 2. The van der Waals surface area contributed by atoms with Crippen molar-refractivity contribution in [3.8, 4) is 5.75 Å². The molecule has 0 saturated carbocycles.